The molecule has 5 heteroatoms. The van der Waals surface area contributed by atoms with E-state index in [9.17, 15) is 8.42 Å². The van der Waals surface area contributed by atoms with Crippen LogP contribution in [0, 0.1) is 0 Å². The number of nitrogens with one attached hydrogen (secondary N) is 2. The minimum absolute atomic E-state index is 0.151. The highest BCUT2D eigenvalue weighted by Crippen LogP contribution is 2.22. The lowest BCUT2D eigenvalue weighted by Crippen LogP contribution is -2.30. The molecule has 1 saturated carbocycles. The molecule has 1 fully saturated rings. The molecule has 0 aromatic heterocycles. The number of sulfonamides is 1. The van der Waals surface area contributed by atoms with Gasteiger partial charge in [0, 0.05) is 12.1 Å². The van der Waals surface area contributed by atoms with Crippen LogP contribution in [-0.2, 0) is 16.4 Å². The van der Waals surface area contributed by atoms with Crippen molar-refractivity contribution in [2.24, 2.45) is 0 Å². The molecule has 0 radical (unpaired) electrons. The van der Waals surface area contributed by atoms with Gasteiger partial charge in [-0.2, -0.15) is 0 Å². The Morgan fingerprint density at radius 3 is 2.35 bits per heavy atom. The van der Waals surface area contributed by atoms with E-state index in [2.05, 4.69) is 23.9 Å². The van der Waals surface area contributed by atoms with Crippen LogP contribution in [0.1, 0.15) is 38.7 Å². The molecule has 1 atom stereocenters. The van der Waals surface area contributed by atoms with E-state index in [1.54, 1.807) is 12.1 Å². The van der Waals surface area contributed by atoms with Crippen LogP contribution in [0.2, 0.25) is 0 Å². The van der Waals surface area contributed by atoms with Gasteiger partial charge in [0.15, 0.2) is 0 Å². The van der Waals surface area contributed by atoms with Gasteiger partial charge >= 0.3 is 0 Å². The lowest BCUT2D eigenvalue weighted by atomic mass is 10.0. The number of hydrogen-bond donors (Lipinski definition) is 2. The molecule has 0 amide bonds. The minimum atomic E-state index is -3.32. The Balaban J connectivity index is 2.01. The predicted molar refractivity (Wildman–Crippen MR) is 81.2 cm³/mol. The highest BCUT2D eigenvalue weighted by Gasteiger charge is 2.27. The van der Waals surface area contributed by atoms with E-state index >= 15 is 0 Å². The van der Waals surface area contributed by atoms with Gasteiger partial charge in [0.25, 0.3) is 0 Å². The Bertz CT molecular complexity index is 521. The fourth-order valence-corrected chi connectivity index (χ4v) is 3.53. The molecular weight excluding hydrogens is 272 g/mol. The van der Waals surface area contributed by atoms with Crippen molar-refractivity contribution in [3.05, 3.63) is 29.8 Å². The molecule has 4 nitrogen and oxygen atoms in total. The number of rotatable bonds is 8. The summed E-state index contributed by atoms with van der Waals surface area (Å²) in [6.07, 6.45) is 3.91. The fourth-order valence-electron chi connectivity index (χ4n) is 2.23. The summed E-state index contributed by atoms with van der Waals surface area (Å²) in [4.78, 5) is 0.365. The van der Waals surface area contributed by atoms with Gasteiger partial charge < -0.3 is 5.32 Å². The first-order chi connectivity index (χ1) is 9.55. The maximum atomic E-state index is 12.1. The van der Waals surface area contributed by atoms with Crippen molar-refractivity contribution < 1.29 is 8.42 Å². The quantitative estimate of drug-likeness (QED) is 0.772. The summed E-state index contributed by atoms with van der Waals surface area (Å²) in [5, 5.41) is 3.43. The molecule has 0 aliphatic heterocycles. The van der Waals surface area contributed by atoms with Gasteiger partial charge in [-0.3, -0.25) is 0 Å². The summed E-state index contributed by atoms with van der Waals surface area (Å²) in [6.45, 7) is 5.21. The summed E-state index contributed by atoms with van der Waals surface area (Å²) < 4.78 is 26.8. The first-order valence-electron chi connectivity index (χ1n) is 7.39. The van der Waals surface area contributed by atoms with E-state index in [1.807, 2.05) is 12.1 Å². The largest absolute Gasteiger partial charge is 0.314 e. The van der Waals surface area contributed by atoms with Crippen molar-refractivity contribution >= 4 is 10.0 Å². The van der Waals surface area contributed by atoms with Crippen LogP contribution in [0.4, 0.5) is 0 Å². The second-order valence-electron chi connectivity index (χ2n) is 5.41. The van der Waals surface area contributed by atoms with Gasteiger partial charge in [-0.1, -0.05) is 26.0 Å². The van der Waals surface area contributed by atoms with Crippen molar-refractivity contribution in [1.82, 2.24) is 10.0 Å². The average molecular weight is 296 g/mol. The van der Waals surface area contributed by atoms with Gasteiger partial charge in [-0.05, 0) is 49.9 Å². The van der Waals surface area contributed by atoms with Gasteiger partial charge in [0.2, 0.25) is 10.0 Å². The first kappa shape index (κ1) is 15.5. The van der Waals surface area contributed by atoms with Crippen LogP contribution in [-0.4, -0.2) is 27.0 Å². The third-order valence-electron chi connectivity index (χ3n) is 3.60. The molecule has 0 saturated heterocycles. The Hall–Kier alpha value is -0.910. The zero-order valence-electron chi connectivity index (χ0n) is 12.2. The summed E-state index contributed by atoms with van der Waals surface area (Å²) in [5.41, 5.74) is 1.17. The van der Waals surface area contributed by atoms with Crippen molar-refractivity contribution in [2.45, 2.75) is 56.5 Å². The van der Waals surface area contributed by atoms with Crippen molar-refractivity contribution in [1.29, 1.82) is 0 Å². The molecule has 1 unspecified atom stereocenters. The van der Waals surface area contributed by atoms with E-state index in [0.717, 1.165) is 32.2 Å². The fraction of sp³-hybridized carbons (Fsp3) is 0.600. The molecule has 1 aromatic carbocycles. The number of hydrogen-bond acceptors (Lipinski definition) is 3. The maximum absolute atomic E-state index is 12.1. The topological polar surface area (TPSA) is 58.2 Å². The molecule has 0 bridgehead atoms. The zero-order valence-corrected chi connectivity index (χ0v) is 13.0. The van der Waals surface area contributed by atoms with Crippen molar-refractivity contribution in [3.8, 4) is 0 Å². The van der Waals surface area contributed by atoms with Crippen molar-refractivity contribution in [3.63, 3.8) is 0 Å². The average Bonchev–Trinajstić information content (AvgIpc) is 3.22. The molecular formula is C15H24N2O2S. The van der Waals surface area contributed by atoms with Crippen molar-refractivity contribution in [2.75, 3.05) is 6.54 Å². The molecule has 0 spiro atoms. The molecule has 1 aliphatic carbocycles. The second kappa shape index (κ2) is 6.70. The molecule has 1 aliphatic rings. The first-order valence-corrected chi connectivity index (χ1v) is 8.88. The number of likely N-dealkylation sites (N-methyl/N-ethyl adjacent to an activating group) is 1. The molecule has 2 rings (SSSR count). The molecule has 112 valence electrons. The van der Waals surface area contributed by atoms with Crippen LogP contribution in [0.3, 0.4) is 0 Å². The predicted octanol–water partition coefficient (Wildman–Crippen LogP) is 2.06. The van der Waals surface area contributed by atoms with Gasteiger partial charge in [-0.15, -0.1) is 0 Å². The summed E-state index contributed by atoms with van der Waals surface area (Å²) >= 11 is 0. The zero-order chi connectivity index (χ0) is 14.6. The summed E-state index contributed by atoms with van der Waals surface area (Å²) in [7, 11) is -3.32. The molecule has 1 aromatic rings. The molecule has 2 N–H and O–H groups in total. The number of benzene rings is 1. The Morgan fingerprint density at radius 1 is 1.20 bits per heavy atom. The molecule has 0 heterocycles. The van der Waals surface area contributed by atoms with Crippen LogP contribution in [0.25, 0.3) is 0 Å². The highest BCUT2D eigenvalue weighted by atomic mass is 32.2. The van der Waals surface area contributed by atoms with E-state index in [4.69, 9.17) is 0 Å². The van der Waals surface area contributed by atoms with Gasteiger partial charge in [0.05, 0.1) is 4.90 Å². The van der Waals surface area contributed by atoms with Crippen LogP contribution < -0.4 is 10.0 Å². The van der Waals surface area contributed by atoms with Gasteiger partial charge in [0.1, 0.15) is 0 Å². The summed E-state index contributed by atoms with van der Waals surface area (Å²) in [5.74, 6) is 0. The van der Waals surface area contributed by atoms with Crippen LogP contribution in [0.15, 0.2) is 29.2 Å². The second-order valence-corrected chi connectivity index (χ2v) is 7.12. The van der Waals surface area contributed by atoms with E-state index in [0.29, 0.717) is 10.9 Å². The Labute approximate surface area is 122 Å². The third kappa shape index (κ3) is 4.30. The summed E-state index contributed by atoms with van der Waals surface area (Å²) in [6, 6.07) is 7.85. The monoisotopic (exact) mass is 296 g/mol. The van der Waals surface area contributed by atoms with Crippen LogP contribution >= 0.6 is 0 Å². The lowest BCUT2D eigenvalue weighted by molar-refractivity contribution is 0.510. The third-order valence-corrected chi connectivity index (χ3v) is 5.14. The van der Waals surface area contributed by atoms with E-state index < -0.39 is 10.0 Å². The van der Waals surface area contributed by atoms with E-state index in [1.165, 1.54) is 5.56 Å². The SMILES string of the molecule is CCNC(CC)Cc1ccc(S(=O)(=O)NC2CC2)cc1. The highest BCUT2D eigenvalue weighted by molar-refractivity contribution is 7.89. The lowest BCUT2D eigenvalue weighted by Gasteiger charge is -2.16. The van der Waals surface area contributed by atoms with Gasteiger partial charge in [-0.25, -0.2) is 13.1 Å². The van der Waals surface area contributed by atoms with Crippen LogP contribution in [0.5, 0.6) is 0 Å². The van der Waals surface area contributed by atoms with E-state index in [-0.39, 0.29) is 6.04 Å². The Kier molecular flexibility index (Phi) is 5.18. The molecule has 20 heavy (non-hydrogen) atoms. The maximum Gasteiger partial charge on any atom is 0.240 e. The minimum Gasteiger partial charge on any atom is -0.314 e. The standard InChI is InChI=1S/C15H24N2O2S/c1-3-13(16-4-2)11-12-5-9-15(10-6-12)20(18,19)17-14-7-8-14/h5-6,9-10,13-14,16-17H,3-4,7-8,11H2,1-2H3. The normalized spacial score (nSPS) is 17.1. The smallest absolute Gasteiger partial charge is 0.240 e. The Morgan fingerprint density at radius 2 is 1.85 bits per heavy atom.